The van der Waals surface area contributed by atoms with Crippen LogP contribution in [0.5, 0.6) is 11.5 Å². The highest BCUT2D eigenvalue weighted by Crippen LogP contribution is 2.48. The number of aromatic nitrogens is 3. The van der Waals surface area contributed by atoms with Crippen molar-refractivity contribution in [3.05, 3.63) is 95.3 Å². The number of methoxy groups -OCH3 is 2. The van der Waals surface area contributed by atoms with Gasteiger partial charge >= 0.3 is 0 Å². The molecule has 2 atom stereocenters. The number of nitrogens with one attached hydrogen (secondary N) is 2. The van der Waals surface area contributed by atoms with Gasteiger partial charge in [0.25, 0.3) is 0 Å². The summed E-state index contributed by atoms with van der Waals surface area (Å²) in [6.07, 6.45) is 3.13. The minimum Gasteiger partial charge on any atom is -0.497 e. The van der Waals surface area contributed by atoms with E-state index in [1.807, 2.05) is 54.7 Å². The lowest BCUT2D eigenvalue weighted by Gasteiger charge is -2.36. The monoisotopic (exact) mass is 490 g/mol. The second-order valence-electron chi connectivity index (χ2n) is 9.64. The maximum Gasteiger partial charge on any atom is 0.209 e. The molecule has 7 nitrogen and oxygen atoms in total. The van der Waals surface area contributed by atoms with Gasteiger partial charge in [0.2, 0.25) is 5.95 Å². The van der Waals surface area contributed by atoms with Gasteiger partial charge in [0.15, 0.2) is 5.78 Å². The van der Waals surface area contributed by atoms with E-state index < -0.39 is 0 Å². The predicted octanol–water partition coefficient (Wildman–Crippen LogP) is 5.95. The Bertz CT molecular complexity index is 1730. The van der Waals surface area contributed by atoms with Crippen molar-refractivity contribution in [2.24, 2.45) is 0 Å². The molecular formula is C30H26N4O3. The number of hydrogen-bond acceptors (Lipinski definition) is 5. The Morgan fingerprint density at radius 3 is 2.65 bits per heavy atom. The summed E-state index contributed by atoms with van der Waals surface area (Å²) in [7, 11) is 3.29. The molecule has 3 aromatic carbocycles. The summed E-state index contributed by atoms with van der Waals surface area (Å²) in [4.78, 5) is 22.4. The van der Waals surface area contributed by atoms with E-state index in [-0.39, 0.29) is 17.7 Å². The molecule has 2 aromatic heterocycles. The van der Waals surface area contributed by atoms with Crippen LogP contribution in [0.1, 0.15) is 35.9 Å². The SMILES string of the molecule is COc1ccc([C@H]2CC(=O)C3=C(C2)Nc2nc4ccccc4n2[C@@H]3c2c[nH]c3ccccc23)c(OC)c1. The molecule has 0 saturated carbocycles. The van der Waals surface area contributed by atoms with Crippen LogP contribution >= 0.6 is 0 Å². The molecule has 184 valence electrons. The third-order valence-corrected chi connectivity index (χ3v) is 7.69. The molecule has 2 aliphatic rings. The van der Waals surface area contributed by atoms with E-state index in [2.05, 4.69) is 33.1 Å². The number of hydrogen-bond donors (Lipinski definition) is 2. The van der Waals surface area contributed by atoms with E-state index in [0.29, 0.717) is 12.8 Å². The van der Waals surface area contributed by atoms with E-state index in [0.717, 1.165) is 61.8 Å². The Labute approximate surface area is 213 Å². The molecule has 0 bridgehead atoms. The number of H-pyrrole nitrogens is 1. The first-order valence-electron chi connectivity index (χ1n) is 12.4. The summed E-state index contributed by atoms with van der Waals surface area (Å²) in [5.74, 6) is 2.34. The van der Waals surface area contributed by atoms with Gasteiger partial charge < -0.3 is 19.8 Å². The number of rotatable bonds is 4. The number of imidazole rings is 1. The van der Waals surface area contributed by atoms with Gasteiger partial charge in [-0.3, -0.25) is 9.36 Å². The van der Waals surface area contributed by atoms with Gasteiger partial charge in [-0.25, -0.2) is 4.98 Å². The number of ether oxygens (including phenoxy) is 2. The maximum absolute atomic E-state index is 14.0. The number of aromatic amines is 1. The molecule has 7 rings (SSSR count). The normalized spacial score (nSPS) is 19.0. The molecule has 37 heavy (non-hydrogen) atoms. The van der Waals surface area contributed by atoms with Crippen molar-refractivity contribution in [3.63, 3.8) is 0 Å². The number of nitrogens with zero attached hydrogens (tertiary/aromatic N) is 2. The molecule has 0 amide bonds. The predicted molar refractivity (Wildman–Crippen MR) is 143 cm³/mol. The summed E-state index contributed by atoms with van der Waals surface area (Å²) in [6, 6.07) is 21.9. The van der Waals surface area contributed by atoms with Crippen LogP contribution in [0.3, 0.4) is 0 Å². The number of allylic oxidation sites excluding steroid dienone is 2. The number of para-hydroxylation sites is 3. The zero-order valence-electron chi connectivity index (χ0n) is 20.6. The fourth-order valence-corrected chi connectivity index (χ4v) is 6.01. The van der Waals surface area contributed by atoms with E-state index in [1.54, 1.807) is 14.2 Å². The van der Waals surface area contributed by atoms with Crippen LogP contribution < -0.4 is 14.8 Å². The maximum atomic E-state index is 14.0. The quantitative estimate of drug-likeness (QED) is 0.325. The Morgan fingerprint density at radius 2 is 1.78 bits per heavy atom. The zero-order valence-corrected chi connectivity index (χ0v) is 20.6. The summed E-state index contributed by atoms with van der Waals surface area (Å²) in [5, 5.41) is 4.66. The van der Waals surface area contributed by atoms with Crippen LogP contribution in [0, 0.1) is 0 Å². The highest BCUT2D eigenvalue weighted by atomic mass is 16.5. The van der Waals surface area contributed by atoms with Crippen LogP contribution in [-0.2, 0) is 4.79 Å². The number of fused-ring (bicyclic) bond motifs is 4. The van der Waals surface area contributed by atoms with Crippen molar-refractivity contribution in [1.82, 2.24) is 14.5 Å². The number of benzene rings is 3. The minimum absolute atomic E-state index is 0.0147. The average molecular weight is 491 g/mol. The molecule has 3 heterocycles. The van der Waals surface area contributed by atoms with Crippen molar-refractivity contribution < 1.29 is 14.3 Å². The molecule has 0 fully saturated rings. The summed E-state index contributed by atoms with van der Waals surface area (Å²) < 4.78 is 13.2. The molecule has 5 aromatic rings. The van der Waals surface area contributed by atoms with Gasteiger partial charge in [-0.05, 0) is 36.2 Å². The molecular weight excluding hydrogens is 464 g/mol. The Morgan fingerprint density at radius 1 is 0.946 bits per heavy atom. The number of anilines is 1. The Hall–Kier alpha value is -4.52. The molecule has 2 N–H and O–H groups in total. The first-order chi connectivity index (χ1) is 18.2. The smallest absolute Gasteiger partial charge is 0.209 e. The standard InChI is InChI=1S/C30H26N4O3/c1-36-18-11-12-19(27(15-18)37-2)17-13-24-28(26(35)14-17)29(21-16-31-22-8-4-3-7-20(21)22)34-25-10-6-5-9-23(25)32-30(34)33-24/h3-12,15-17,29,31H,13-14H2,1-2H3,(H,32,33)/t17-,29-/m1/s1. The topological polar surface area (TPSA) is 81.2 Å². The van der Waals surface area contributed by atoms with Crippen molar-refractivity contribution in [2.45, 2.75) is 24.8 Å². The van der Waals surface area contributed by atoms with Crippen molar-refractivity contribution in [3.8, 4) is 11.5 Å². The zero-order chi connectivity index (χ0) is 25.1. The van der Waals surface area contributed by atoms with Crippen LogP contribution in [0.4, 0.5) is 5.95 Å². The minimum atomic E-state index is -0.277. The largest absolute Gasteiger partial charge is 0.497 e. The molecule has 0 radical (unpaired) electrons. The number of carbonyl (C=O) groups is 1. The second-order valence-corrected chi connectivity index (χ2v) is 9.64. The molecule has 1 aliphatic heterocycles. The van der Waals surface area contributed by atoms with E-state index in [9.17, 15) is 4.79 Å². The third-order valence-electron chi connectivity index (χ3n) is 7.69. The highest BCUT2D eigenvalue weighted by Gasteiger charge is 2.40. The van der Waals surface area contributed by atoms with Crippen LogP contribution in [0.15, 0.2) is 84.2 Å². The lowest BCUT2D eigenvalue weighted by Crippen LogP contribution is -2.33. The third kappa shape index (κ3) is 3.27. The molecule has 1 aliphatic carbocycles. The van der Waals surface area contributed by atoms with Gasteiger partial charge in [-0.1, -0.05) is 36.4 Å². The van der Waals surface area contributed by atoms with Crippen molar-refractivity contribution >= 4 is 33.7 Å². The number of carbonyl (C=O) groups excluding carboxylic acids is 1. The summed E-state index contributed by atoms with van der Waals surface area (Å²) >= 11 is 0. The van der Waals surface area contributed by atoms with Gasteiger partial charge in [0.05, 0.1) is 31.3 Å². The number of Topliss-reactive ketones (excluding diaryl/α,β-unsaturated/α-hetero) is 1. The first kappa shape index (κ1) is 21.7. The molecule has 0 unspecified atom stereocenters. The molecule has 7 heteroatoms. The van der Waals surface area contributed by atoms with Gasteiger partial charge in [-0.2, -0.15) is 0 Å². The van der Waals surface area contributed by atoms with Gasteiger partial charge in [0.1, 0.15) is 11.5 Å². The van der Waals surface area contributed by atoms with E-state index in [4.69, 9.17) is 14.5 Å². The second kappa shape index (κ2) is 8.27. The van der Waals surface area contributed by atoms with Crippen LogP contribution in [0.2, 0.25) is 0 Å². The Balaban J connectivity index is 1.41. The van der Waals surface area contributed by atoms with E-state index >= 15 is 0 Å². The van der Waals surface area contributed by atoms with Crippen molar-refractivity contribution in [2.75, 3.05) is 19.5 Å². The molecule has 0 spiro atoms. The van der Waals surface area contributed by atoms with E-state index in [1.165, 1.54) is 0 Å². The number of ketones is 1. The Kier molecular flexibility index (Phi) is 4.86. The van der Waals surface area contributed by atoms with Gasteiger partial charge in [-0.15, -0.1) is 0 Å². The first-order valence-corrected chi connectivity index (χ1v) is 12.4. The van der Waals surface area contributed by atoms with Crippen LogP contribution in [0.25, 0.3) is 21.9 Å². The average Bonchev–Trinajstić information content (AvgIpc) is 3.52. The van der Waals surface area contributed by atoms with Gasteiger partial charge in [0, 0.05) is 52.3 Å². The lowest BCUT2D eigenvalue weighted by molar-refractivity contribution is -0.116. The highest BCUT2D eigenvalue weighted by molar-refractivity contribution is 6.02. The molecule has 0 saturated heterocycles. The summed E-state index contributed by atoms with van der Waals surface area (Å²) in [6.45, 7) is 0. The fraction of sp³-hybridized carbons (Fsp3) is 0.200. The summed E-state index contributed by atoms with van der Waals surface area (Å²) in [5.41, 5.74) is 6.76. The van der Waals surface area contributed by atoms with Crippen molar-refractivity contribution in [1.29, 1.82) is 0 Å². The lowest BCUT2D eigenvalue weighted by atomic mass is 9.77. The van der Waals surface area contributed by atoms with Crippen LogP contribution in [-0.4, -0.2) is 34.5 Å². The fourth-order valence-electron chi connectivity index (χ4n) is 6.01.